The summed E-state index contributed by atoms with van der Waals surface area (Å²) in [7, 11) is 0.292. The lowest BCUT2D eigenvalue weighted by Gasteiger charge is -2.25. The molecule has 6 heteroatoms. The molecule has 0 spiro atoms. The first-order valence-corrected chi connectivity index (χ1v) is 6.39. The maximum Gasteiger partial charge on any atom is 0.313 e. The number of benzene rings is 1. The molecule has 1 heterocycles. The number of aliphatic hydroxyl groups excluding tert-OH is 2. The van der Waals surface area contributed by atoms with Crippen molar-refractivity contribution in [2.75, 3.05) is 19.8 Å². The Kier molecular flexibility index (Phi) is 4.15. The first kappa shape index (κ1) is 14.3. The van der Waals surface area contributed by atoms with E-state index in [1.54, 1.807) is 6.92 Å². The molecule has 2 rings (SSSR count). The van der Waals surface area contributed by atoms with Crippen molar-refractivity contribution in [3.63, 3.8) is 0 Å². The molecule has 1 aliphatic rings. The first-order valence-electron chi connectivity index (χ1n) is 6.39. The van der Waals surface area contributed by atoms with Gasteiger partial charge in [0.1, 0.15) is 18.0 Å². The smallest absolute Gasteiger partial charge is 0.313 e. The summed E-state index contributed by atoms with van der Waals surface area (Å²) in [6.45, 7) is 4.02. The van der Waals surface area contributed by atoms with Crippen LogP contribution in [0.25, 0.3) is 0 Å². The van der Waals surface area contributed by atoms with E-state index < -0.39 is 11.7 Å². The Morgan fingerprint density at radius 3 is 2.89 bits per heavy atom. The van der Waals surface area contributed by atoms with Gasteiger partial charge in [-0.25, -0.2) is 0 Å². The standard InChI is InChI=1S/C13H20BNO4/c1-8-3-4-10-12(11(8)9(17)5-15)14-19-13(2,6-16)7-18-10/h3-4,9,14,16-17H,5-7,15H2,1-2H3/t9-,13+/m1/s1. The molecular formula is C13H20BNO4. The third kappa shape index (κ3) is 2.77. The van der Waals surface area contributed by atoms with Crippen LogP contribution in [0.2, 0.25) is 0 Å². The van der Waals surface area contributed by atoms with Crippen molar-refractivity contribution in [1.82, 2.24) is 0 Å². The van der Waals surface area contributed by atoms with Crippen LogP contribution in [0.3, 0.4) is 0 Å². The lowest BCUT2D eigenvalue weighted by molar-refractivity contribution is -0.00426. The van der Waals surface area contributed by atoms with Gasteiger partial charge in [-0.2, -0.15) is 0 Å². The fourth-order valence-electron chi connectivity index (χ4n) is 2.24. The Labute approximate surface area is 113 Å². The van der Waals surface area contributed by atoms with Crippen LogP contribution in [0.1, 0.15) is 24.2 Å². The molecule has 0 aromatic heterocycles. The van der Waals surface area contributed by atoms with Gasteiger partial charge in [-0.15, -0.1) is 0 Å². The highest BCUT2D eigenvalue weighted by Gasteiger charge is 2.31. The van der Waals surface area contributed by atoms with E-state index in [0.717, 1.165) is 16.6 Å². The molecular weight excluding hydrogens is 245 g/mol. The molecule has 1 aromatic rings. The molecule has 104 valence electrons. The third-order valence-corrected chi connectivity index (χ3v) is 3.52. The average Bonchev–Trinajstić information content (AvgIpc) is 2.59. The summed E-state index contributed by atoms with van der Waals surface area (Å²) in [6.07, 6.45) is -0.736. The van der Waals surface area contributed by atoms with Gasteiger partial charge in [-0.05, 0) is 36.5 Å². The second-order valence-electron chi connectivity index (χ2n) is 5.21. The lowest BCUT2D eigenvalue weighted by atomic mass is 9.78. The number of hydrogen-bond donors (Lipinski definition) is 3. The highest BCUT2D eigenvalue weighted by Crippen LogP contribution is 2.24. The maximum absolute atomic E-state index is 10.1. The van der Waals surface area contributed by atoms with Crippen molar-refractivity contribution >= 4 is 12.9 Å². The Morgan fingerprint density at radius 1 is 1.53 bits per heavy atom. The number of nitrogens with two attached hydrogens (primary N) is 1. The number of fused-ring (bicyclic) bond motifs is 1. The fourth-order valence-corrected chi connectivity index (χ4v) is 2.24. The van der Waals surface area contributed by atoms with E-state index in [9.17, 15) is 10.2 Å². The monoisotopic (exact) mass is 265 g/mol. The predicted octanol–water partition coefficient (Wildman–Crippen LogP) is -0.876. The summed E-state index contributed by atoms with van der Waals surface area (Å²) in [4.78, 5) is 0. The average molecular weight is 265 g/mol. The van der Waals surface area contributed by atoms with Crippen molar-refractivity contribution in [2.45, 2.75) is 25.6 Å². The molecule has 0 saturated carbocycles. The third-order valence-electron chi connectivity index (χ3n) is 3.52. The van der Waals surface area contributed by atoms with Gasteiger partial charge in [-0.3, -0.25) is 0 Å². The zero-order chi connectivity index (χ0) is 14.0. The van der Waals surface area contributed by atoms with E-state index in [1.807, 2.05) is 19.1 Å². The van der Waals surface area contributed by atoms with Crippen molar-refractivity contribution in [1.29, 1.82) is 0 Å². The van der Waals surface area contributed by atoms with Crippen molar-refractivity contribution in [3.05, 3.63) is 23.3 Å². The maximum atomic E-state index is 10.1. The fraction of sp³-hybridized carbons (Fsp3) is 0.538. The molecule has 0 fully saturated rings. The van der Waals surface area contributed by atoms with Gasteiger partial charge in [0, 0.05) is 6.54 Å². The van der Waals surface area contributed by atoms with E-state index in [4.69, 9.17) is 15.1 Å². The molecule has 1 aliphatic heterocycles. The van der Waals surface area contributed by atoms with E-state index in [0.29, 0.717) is 13.2 Å². The largest absolute Gasteiger partial charge is 0.491 e. The van der Waals surface area contributed by atoms with E-state index in [2.05, 4.69) is 0 Å². The topological polar surface area (TPSA) is 84.9 Å². The van der Waals surface area contributed by atoms with E-state index in [-0.39, 0.29) is 19.8 Å². The minimum absolute atomic E-state index is 0.116. The van der Waals surface area contributed by atoms with Gasteiger partial charge in [0.25, 0.3) is 0 Å². The van der Waals surface area contributed by atoms with E-state index >= 15 is 0 Å². The molecule has 5 nitrogen and oxygen atoms in total. The Morgan fingerprint density at radius 2 is 2.26 bits per heavy atom. The SMILES string of the molecule is Cc1ccc2c(c1[C@H](O)CN)BO[C@@](C)(CO)CO2. The summed E-state index contributed by atoms with van der Waals surface area (Å²) >= 11 is 0. The van der Waals surface area contributed by atoms with Crippen LogP contribution in [0.15, 0.2) is 12.1 Å². The van der Waals surface area contributed by atoms with Crippen molar-refractivity contribution in [2.24, 2.45) is 5.73 Å². The Hall–Kier alpha value is -1.08. The van der Waals surface area contributed by atoms with Gasteiger partial charge in [0.2, 0.25) is 0 Å². The molecule has 2 atom stereocenters. The number of hydrogen-bond acceptors (Lipinski definition) is 5. The molecule has 0 aliphatic carbocycles. The van der Waals surface area contributed by atoms with Crippen LogP contribution in [-0.4, -0.2) is 43.1 Å². The van der Waals surface area contributed by atoms with Gasteiger partial charge < -0.3 is 25.3 Å². The summed E-state index contributed by atoms with van der Waals surface area (Å²) in [6, 6.07) is 3.76. The number of rotatable bonds is 3. The first-order chi connectivity index (χ1) is 9.00. The zero-order valence-electron chi connectivity index (χ0n) is 11.3. The van der Waals surface area contributed by atoms with E-state index in [1.165, 1.54) is 0 Å². The van der Waals surface area contributed by atoms with Crippen LogP contribution in [0, 0.1) is 6.92 Å². The number of ether oxygens (including phenoxy) is 1. The van der Waals surface area contributed by atoms with Crippen molar-refractivity contribution in [3.8, 4) is 5.75 Å². The minimum atomic E-state index is -0.736. The Balaban J connectivity index is 2.41. The molecule has 4 N–H and O–H groups in total. The van der Waals surface area contributed by atoms with Gasteiger partial charge in [0.15, 0.2) is 0 Å². The van der Waals surface area contributed by atoms with Crippen LogP contribution in [-0.2, 0) is 4.65 Å². The molecule has 0 unspecified atom stereocenters. The molecule has 0 radical (unpaired) electrons. The normalized spacial score (nSPS) is 23.8. The van der Waals surface area contributed by atoms with Crippen LogP contribution in [0.4, 0.5) is 0 Å². The zero-order valence-corrected chi connectivity index (χ0v) is 11.3. The summed E-state index contributed by atoms with van der Waals surface area (Å²) in [5, 5.41) is 19.4. The quantitative estimate of drug-likeness (QED) is 0.618. The molecule has 0 amide bonds. The molecule has 1 aromatic carbocycles. The lowest BCUT2D eigenvalue weighted by Crippen LogP contribution is -2.40. The number of aliphatic hydroxyl groups is 2. The molecule has 0 bridgehead atoms. The molecule has 19 heavy (non-hydrogen) atoms. The van der Waals surface area contributed by atoms with Gasteiger partial charge in [-0.1, -0.05) is 6.07 Å². The van der Waals surface area contributed by atoms with Crippen LogP contribution < -0.4 is 15.9 Å². The highest BCUT2D eigenvalue weighted by molar-refractivity contribution is 6.49. The van der Waals surface area contributed by atoms with Gasteiger partial charge >= 0.3 is 7.48 Å². The second kappa shape index (κ2) is 5.50. The summed E-state index contributed by atoms with van der Waals surface area (Å²) in [5.41, 5.74) is 7.36. The Bertz CT molecular complexity index is 468. The van der Waals surface area contributed by atoms with Gasteiger partial charge in [0.05, 0.1) is 12.7 Å². The predicted molar refractivity (Wildman–Crippen MR) is 74.0 cm³/mol. The molecule has 0 saturated heterocycles. The second-order valence-corrected chi connectivity index (χ2v) is 5.21. The van der Waals surface area contributed by atoms with Crippen LogP contribution in [0.5, 0.6) is 5.75 Å². The number of aryl methyl sites for hydroxylation is 1. The van der Waals surface area contributed by atoms with Crippen molar-refractivity contribution < 1.29 is 19.6 Å². The highest BCUT2D eigenvalue weighted by atomic mass is 16.5. The summed E-state index contributed by atoms with van der Waals surface area (Å²) in [5.74, 6) is 0.685. The summed E-state index contributed by atoms with van der Waals surface area (Å²) < 4.78 is 11.4. The van der Waals surface area contributed by atoms with Crippen LogP contribution >= 0.6 is 0 Å². The minimum Gasteiger partial charge on any atom is -0.491 e.